The van der Waals surface area contributed by atoms with E-state index in [2.05, 4.69) is 10.2 Å². The summed E-state index contributed by atoms with van der Waals surface area (Å²) in [5, 5.41) is 7.96. The Balaban J connectivity index is 1.81. The van der Waals surface area contributed by atoms with Gasteiger partial charge >= 0.3 is 0 Å². The molecular weight excluding hydrogens is 188 g/mol. The van der Waals surface area contributed by atoms with E-state index in [1.807, 2.05) is 0 Å². The fourth-order valence-corrected chi connectivity index (χ4v) is 1.77. The van der Waals surface area contributed by atoms with E-state index in [4.69, 9.17) is 4.42 Å². The second kappa shape index (κ2) is 3.49. The minimum absolute atomic E-state index is 0.306. The molecule has 1 aliphatic rings. The summed E-state index contributed by atoms with van der Waals surface area (Å²) in [6.45, 7) is 1.74. The van der Waals surface area contributed by atoms with E-state index < -0.39 is 0 Å². The van der Waals surface area contributed by atoms with Crippen molar-refractivity contribution in [3.63, 3.8) is 0 Å². The molecule has 0 radical (unpaired) electrons. The van der Waals surface area contributed by atoms with E-state index in [9.17, 15) is 4.79 Å². The van der Waals surface area contributed by atoms with Crippen LogP contribution in [-0.4, -0.2) is 21.7 Å². The fraction of sp³-hybridized carbons (Fsp3) is 0.625. The normalized spacial score (nSPS) is 16.1. The SMILES string of the molecule is Cc1nnc(SCC(=O)C2CC2)o1. The maximum absolute atomic E-state index is 11.3. The number of carbonyl (C=O) groups excluding carboxylic acids is 1. The fourth-order valence-electron chi connectivity index (χ4n) is 0.993. The molecule has 0 atom stereocenters. The molecule has 0 N–H and O–H groups in total. The maximum atomic E-state index is 11.3. The van der Waals surface area contributed by atoms with Gasteiger partial charge in [0.05, 0.1) is 5.75 Å². The summed E-state index contributed by atoms with van der Waals surface area (Å²) >= 11 is 1.33. The molecule has 0 bridgehead atoms. The van der Waals surface area contributed by atoms with Crippen molar-refractivity contribution in [1.82, 2.24) is 10.2 Å². The summed E-state index contributed by atoms with van der Waals surface area (Å²) in [6.07, 6.45) is 2.12. The summed E-state index contributed by atoms with van der Waals surface area (Å²) in [6, 6.07) is 0. The van der Waals surface area contributed by atoms with Crippen molar-refractivity contribution in [3.8, 4) is 0 Å². The number of carbonyl (C=O) groups is 1. The second-order valence-corrected chi connectivity index (χ2v) is 4.04. The van der Waals surface area contributed by atoms with Crippen LogP contribution in [0.1, 0.15) is 18.7 Å². The largest absolute Gasteiger partial charge is 0.416 e. The predicted molar refractivity (Wildman–Crippen MR) is 47.5 cm³/mol. The molecule has 13 heavy (non-hydrogen) atoms. The molecule has 1 aromatic heterocycles. The minimum Gasteiger partial charge on any atom is -0.416 e. The van der Waals surface area contributed by atoms with Gasteiger partial charge < -0.3 is 4.42 Å². The van der Waals surface area contributed by atoms with Crippen molar-refractivity contribution >= 4 is 17.5 Å². The summed E-state index contributed by atoms with van der Waals surface area (Å²) in [7, 11) is 0. The topological polar surface area (TPSA) is 56.0 Å². The van der Waals surface area contributed by atoms with Gasteiger partial charge in [-0.3, -0.25) is 4.79 Å². The maximum Gasteiger partial charge on any atom is 0.276 e. The highest BCUT2D eigenvalue weighted by atomic mass is 32.2. The third kappa shape index (κ3) is 2.30. The third-order valence-electron chi connectivity index (χ3n) is 1.88. The zero-order valence-electron chi connectivity index (χ0n) is 7.32. The van der Waals surface area contributed by atoms with Crippen LogP contribution in [0.25, 0.3) is 0 Å². The molecule has 0 amide bonds. The van der Waals surface area contributed by atoms with Crippen LogP contribution < -0.4 is 0 Å². The number of aryl methyl sites for hydroxylation is 1. The molecule has 0 aromatic carbocycles. The Hall–Kier alpha value is -0.840. The van der Waals surface area contributed by atoms with Crippen LogP contribution >= 0.6 is 11.8 Å². The van der Waals surface area contributed by atoms with Gasteiger partial charge in [-0.25, -0.2) is 0 Å². The van der Waals surface area contributed by atoms with Gasteiger partial charge in [0.2, 0.25) is 5.89 Å². The number of aromatic nitrogens is 2. The van der Waals surface area contributed by atoms with E-state index in [-0.39, 0.29) is 0 Å². The lowest BCUT2D eigenvalue weighted by molar-refractivity contribution is -0.117. The van der Waals surface area contributed by atoms with Crippen molar-refractivity contribution in [2.24, 2.45) is 5.92 Å². The summed E-state index contributed by atoms with van der Waals surface area (Å²) in [5.41, 5.74) is 0. The number of rotatable bonds is 4. The van der Waals surface area contributed by atoms with E-state index in [1.54, 1.807) is 6.92 Å². The van der Waals surface area contributed by atoms with Crippen LogP contribution in [0, 0.1) is 12.8 Å². The van der Waals surface area contributed by atoms with Gasteiger partial charge in [0.15, 0.2) is 0 Å². The molecule has 1 saturated carbocycles. The highest BCUT2D eigenvalue weighted by Crippen LogP contribution is 2.31. The van der Waals surface area contributed by atoms with E-state index >= 15 is 0 Å². The first-order valence-corrected chi connectivity index (χ1v) is 5.20. The van der Waals surface area contributed by atoms with Crippen LogP contribution in [0.5, 0.6) is 0 Å². The van der Waals surface area contributed by atoms with Crippen LogP contribution in [0.2, 0.25) is 0 Å². The smallest absolute Gasteiger partial charge is 0.276 e. The Labute approximate surface area is 80.1 Å². The van der Waals surface area contributed by atoms with E-state index in [0.717, 1.165) is 12.8 Å². The highest BCUT2D eigenvalue weighted by molar-refractivity contribution is 7.99. The van der Waals surface area contributed by atoms with Gasteiger partial charge in [-0.05, 0) is 12.8 Å². The molecule has 1 heterocycles. The van der Waals surface area contributed by atoms with Gasteiger partial charge in [0.25, 0.3) is 5.22 Å². The van der Waals surface area contributed by atoms with E-state index in [1.165, 1.54) is 11.8 Å². The predicted octanol–water partition coefficient (Wildman–Crippen LogP) is 1.45. The standard InChI is InChI=1S/C8H10N2O2S/c1-5-9-10-8(12-5)13-4-7(11)6-2-3-6/h6H,2-4H2,1H3. The highest BCUT2D eigenvalue weighted by Gasteiger charge is 2.29. The Kier molecular flexibility index (Phi) is 2.35. The van der Waals surface area contributed by atoms with Crippen LogP contribution in [0.15, 0.2) is 9.64 Å². The lowest BCUT2D eigenvalue weighted by Crippen LogP contribution is -2.02. The van der Waals surface area contributed by atoms with Crippen molar-refractivity contribution < 1.29 is 9.21 Å². The molecule has 1 aliphatic carbocycles. The quantitative estimate of drug-likeness (QED) is 0.685. The number of thioether (sulfide) groups is 1. The molecule has 5 heteroatoms. The Bertz CT molecular complexity index is 320. The van der Waals surface area contributed by atoms with E-state index in [0.29, 0.717) is 28.6 Å². The first-order valence-electron chi connectivity index (χ1n) is 4.21. The molecule has 0 unspecified atom stereocenters. The van der Waals surface area contributed by atoms with Gasteiger partial charge in [-0.1, -0.05) is 11.8 Å². The summed E-state index contributed by atoms with van der Waals surface area (Å²) in [5.74, 6) is 1.63. The molecule has 1 fully saturated rings. The first kappa shape index (κ1) is 8.74. The number of hydrogen-bond acceptors (Lipinski definition) is 5. The minimum atomic E-state index is 0.306. The summed E-state index contributed by atoms with van der Waals surface area (Å²) < 4.78 is 5.12. The van der Waals surface area contributed by atoms with Crippen molar-refractivity contribution in [2.75, 3.05) is 5.75 Å². The zero-order valence-corrected chi connectivity index (χ0v) is 8.13. The van der Waals surface area contributed by atoms with Gasteiger partial charge in [-0.2, -0.15) is 0 Å². The zero-order chi connectivity index (χ0) is 9.26. The number of hydrogen-bond donors (Lipinski definition) is 0. The molecule has 1 aromatic rings. The van der Waals surface area contributed by atoms with Crippen molar-refractivity contribution in [2.45, 2.75) is 25.0 Å². The Morgan fingerprint density at radius 3 is 2.92 bits per heavy atom. The van der Waals surface area contributed by atoms with Crippen molar-refractivity contribution in [1.29, 1.82) is 0 Å². The van der Waals surface area contributed by atoms with Crippen LogP contribution in [0.3, 0.4) is 0 Å². The lowest BCUT2D eigenvalue weighted by atomic mass is 10.3. The monoisotopic (exact) mass is 198 g/mol. The average Bonchev–Trinajstić information content (AvgIpc) is 2.87. The molecule has 70 valence electrons. The Morgan fingerprint density at radius 1 is 1.62 bits per heavy atom. The second-order valence-electron chi connectivity index (χ2n) is 3.12. The third-order valence-corrected chi connectivity index (χ3v) is 2.72. The number of Topliss-reactive ketones (excluding diaryl/α,β-unsaturated/α-hetero) is 1. The molecule has 2 rings (SSSR count). The van der Waals surface area contributed by atoms with Gasteiger partial charge in [0.1, 0.15) is 5.78 Å². The van der Waals surface area contributed by atoms with Crippen LogP contribution in [-0.2, 0) is 4.79 Å². The Morgan fingerprint density at radius 2 is 2.38 bits per heavy atom. The van der Waals surface area contributed by atoms with Gasteiger partial charge in [0, 0.05) is 12.8 Å². The molecular formula is C8H10N2O2S. The van der Waals surface area contributed by atoms with Crippen molar-refractivity contribution in [3.05, 3.63) is 5.89 Å². The van der Waals surface area contributed by atoms with Crippen LogP contribution in [0.4, 0.5) is 0 Å². The first-order chi connectivity index (χ1) is 6.25. The lowest BCUT2D eigenvalue weighted by Gasteiger charge is -1.92. The average molecular weight is 198 g/mol. The molecule has 0 saturated heterocycles. The summed E-state index contributed by atoms with van der Waals surface area (Å²) in [4.78, 5) is 11.3. The molecule has 0 spiro atoms. The number of ketones is 1. The molecule has 4 nitrogen and oxygen atoms in total. The van der Waals surface area contributed by atoms with Gasteiger partial charge in [-0.15, -0.1) is 10.2 Å². The molecule has 0 aliphatic heterocycles. The number of nitrogens with zero attached hydrogens (tertiary/aromatic N) is 2.